The molecule has 2 atom stereocenters. The highest BCUT2D eigenvalue weighted by atomic mass is 16.3. The fourth-order valence-electron chi connectivity index (χ4n) is 4.38. The summed E-state index contributed by atoms with van der Waals surface area (Å²) in [6, 6.07) is 10.7. The summed E-state index contributed by atoms with van der Waals surface area (Å²) in [7, 11) is 0. The number of phenolic OH excluding ortho intramolecular Hbond substituents is 1. The van der Waals surface area contributed by atoms with Gasteiger partial charge in [-0.3, -0.25) is 4.79 Å². The molecular weight excluding hydrogens is 402 g/mol. The molecule has 5 rings (SSSR count). The van der Waals surface area contributed by atoms with Crippen LogP contribution in [0.15, 0.2) is 54.0 Å². The Morgan fingerprint density at radius 1 is 1.31 bits per heavy atom. The van der Waals surface area contributed by atoms with E-state index in [4.69, 9.17) is 4.98 Å². The molecule has 7 nitrogen and oxygen atoms in total. The van der Waals surface area contributed by atoms with E-state index in [-0.39, 0.29) is 11.7 Å². The summed E-state index contributed by atoms with van der Waals surface area (Å²) in [6.07, 6.45) is 8.22. The maximum atomic E-state index is 12.7. The van der Waals surface area contributed by atoms with Crippen molar-refractivity contribution in [3.05, 3.63) is 65.7 Å². The minimum Gasteiger partial charge on any atom is -0.507 e. The second-order valence-corrected chi connectivity index (χ2v) is 8.57. The molecule has 0 radical (unpaired) electrons. The smallest absolute Gasteiger partial charge is 0.262 e. The Bertz CT molecular complexity index is 1310. The number of carbonyl (C=O) groups is 1. The topological polar surface area (TPSA) is 92.4 Å². The number of hydrogen-bond donors (Lipinski definition) is 2. The van der Waals surface area contributed by atoms with Crippen LogP contribution in [0.4, 0.5) is 0 Å². The zero-order valence-corrected chi connectivity index (χ0v) is 18.1. The Kier molecular flexibility index (Phi) is 5.09. The van der Waals surface area contributed by atoms with Crippen LogP contribution in [0, 0.1) is 5.92 Å². The van der Waals surface area contributed by atoms with Crippen LogP contribution in [0.25, 0.3) is 22.2 Å². The average Bonchev–Trinajstić information content (AvgIpc) is 3.16. The molecule has 0 fully saturated rings. The molecule has 2 aliphatic heterocycles. The minimum atomic E-state index is -0.502. The first-order valence-corrected chi connectivity index (χ1v) is 10.9. The zero-order chi connectivity index (χ0) is 22.2. The lowest BCUT2D eigenvalue weighted by Gasteiger charge is -2.18. The largest absolute Gasteiger partial charge is 0.507 e. The number of rotatable bonds is 4. The van der Waals surface area contributed by atoms with Crippen LogP contribution in [-0.4, -0.2) is 31.8 Å². The number of aromatic nitrogens is 3. The summed E-state index contributed by atoms with van der Waals surface area (Å²) in [4.78, 5) is 21.9. The van der Waals surface area contributed by atoms with E-state index in [1.807, 2.05) is 36.5 Å². The van der Waals surface area contributed by atoms with Gasteiger partial charge >= 0.3 is 0 Å². The Hall–Kier alpha value is -3.74. The highest BCUT2D eigenvalue weighted by molar-refractivity contribution is 6.02. The molecule has 2 aromatic rings. The van der Waals surface area contributed by atoms with Gasteiger partial charge in [0, 0.05) is 23.0 Å². The fraction of sp³-hybridized carbons (Fsp3) is 0.280. The van der Waals surface area contributed by atoms with Crippen LogP contribution in [0.5, 0.6) is 5.75 Å². The van der Waals surface area contributed by atoms with E-state index in [1.54, 1.807) is 23.9 Å². The lowest BCUT2D eigenvalue weighted by Crippen LogP contribution is -2.27. The van der Waals surface area contributed by atoms with E-state index in [0.717, 1.165) is 47.1 Å². The number of nitrogens with zero attached hydrogens (tertiary/aromatic N) is 4. The van der Waals surface area contributed by atoms with Gasteiger partial charge in [-0.15, -0.1) is 0 Å². The number of hydrogen-bond acceptors (Lipinski definition) is 5. The lowest BCUT2D eigenvalue weighted by atomic mass is 9.88. The van der Waals surface area contributed by atoms with Gasteiger partial charge < -0.3 is 9.67 Å². The van der Waals surface area contributed by atoms with Crippen LogP contribution in [-0.2, 0) is 17.6 Å². The summed E-state index contributed by atoms with van der Waals surface area (Å²) < 4.78 is 1.79. The van der Waals surface area contributed by atoms with Crippen molar-refractivity contribution in [2.45, 2.75) is 39.2 Å². The molecule has 2 unspecified atom stereocenters. The molecule has 3 aliphatic rings. The molecule has 0 bridgehead atoms. The van der Waals surface area contributed by atoms with Gasteiger partial charge in [-0.25, -0.2) is 15.4 Å². The average molecular weight is 428 g/mol. The van der Waals surface area contributed by atoms with Gasteiger partial charge in [0.2, 0.25) is 0 Å². The molecular formula is C25H25N5O2. The van der Waals surface area contributed by atoms with Gasteiger partial charge in [0.15, 0.2) is 5.82 Å². The second-order valence-electron chi connectivity index (χ2n) is 8.57. The SMILES string of the molecule is CC1CCc2c3cn(C(C)C(=O)N/N=C/c4c(O)ccc5ccccc45)cnc-3nc2C1. The number of carbonyl (C=O) groups excluding carboxylic acids is 1. The first-order valence-electron chi connectivity index (χ1n) is 10.9. The van der Waals surface area contributed by atoms with Crippen LogP contribution < -0.4 is 5.43 Å². The molecule has 7 heteroatoms. The van der Waals surface area contributed by atoms with Gasteiger partial charge in [0.1, 0.15) is 11.8 Å². The Balaban J connectivity index is 1.35. The molecule has 1 amide bonds. The normalized spacial score (nSPS) is 17.0. The quantitative estimate of drug-likeness (QED) is 0.379. The van der Waals surface area contributed by atoms with E-state index in [0.29, 0.717) is 11.5 Å². The van der Waals surface area contributed by atoms with Gasteiger partial charge in [-0.05, 0) is 54.5 Å². The van der Waals surface area contributed by atoms with Crippen molar-refractivity contribution in [3.8, 4) is 17.1 Å². The second kappa shape index (κ2) is 8.07. The highest BCUT2D eigenvalue weighted by Crippen LogP contribution is 2.34. The number of phenols is 1. The summed E-state index contributed by atoms with van der Waals surface area (Å²) >= 11 is 0. The molecule has 2 aromatic carbocycles. The molecule has 0 aromatic heterocycles. The highest BCUT2D eigenvalue weighted by Gasteiger charge is 2.26. The van der Waals surface area contributed by atoms with Crippen molar-refractivity contribution in [2.24, 2.45) is 11.0 Å². The van der Waals surface area contributed by atoms with Crippen LogP contribution in [0.2, 0.25) is 0 Å². The number of aromatic hydroxyl groups is 1. The van der Waals surface area contributed by atoms with Gasteiger partial charge in [0.25, 0.3) is 5.91 Å². The Labute approximate surface area is 186 Å². The summed E-state index contributed by atoms with van der Waals surface area (Å²) in [5.41, 5.74) is 6.58. The summed E-state index contributed by atoms with van der Waals surface area (Å²) in [5.74, 6) is 1.23. The van der Waals surface area contributed by atoms with Gasteiger partial charge in [0.05, 0.1) is 12.5 Å². The van der Waals surface area contributed by atoms with Crippen molar-refractivity contribution in [2.75, 3.05) is 0 Å². The molecule has 0 saturated heterocycles. The molecule has 0 spiro atoms. The number of benzene rings is 2. The number of amides is 1. The molecule has 162 valence electrons. The maximum Gasteiger partial charge on any atom is 0.262 e. The zero-order valence-electron chi connectivity index (χ0n) is 18.1. The lowest BCUT2D eigenvalue weighted by molar-refractivity contribution is -0.123. The van der Waals surface area contributed by atoms with Crippen LogP contribution in [0.3, 0.4) is 0 Å². The fourth-order valence-corrected chi connectivity index (χ4v) is 4.38. The third-order valence-corrected chi connectivity index (χ3v) is 6.32. The van der Waals surface area contributed by atoms with Crippen molar-refractivity contribution in [3.63, 3.8) is 0 Å². The summed E-state index contributed by atoms with van der Waals surface area (Å²) in [6.45, 7) is 4.06. The Morgan fingerprint density at radius 2 is 2.16 bits per heavy atom. The standard InChI is InChI=1S/C25H25N5O2/c1-15-7-9-19-21-13-30(14-26-24(21)28-22(19)11-15)16(2)25(32)29-27-12-20-18-6-4-3-5-17(18)8-10-23(20)31/h3-6,8,10,12-16,31H,7,9,11H2,1-2H3,(H,29,32)/b27-12+. The molecule has 2 N–H and O–H groups in total. The van der Waals surface area contributed by atoms with E-state index in [1.165, 1.54) is 11.8 Å². The predicted octanol–water partition coefficient (Wildman–Crippen LogP) is 4.08. The first-order chi connectivity index (χ1) is 15.5. The van der Waals surface area contributed by atoms with E-state index in [2.05, 4.69) is 22.4 Å². The molecule has 1 aliphatic carbocycles. The van der Waals surface area contributed by atoms with Crippen molar-refractivity contribution >= 4 is 22.9 Å². The van der Waals surface area contributed by atoms with E-state index >= 15 is 0 Å². The van der Waals surface area contributed by atoms with Crippen molar-refractivity contribution < 1.29 is 9.90 Å². The number of fused-ring (bicyclic) bond motifs is 4. The molecule has 0 saturated carbocycles. The molecule has 2 heterocycles. The summed E-state index contributed by atoms with van der Waals surface area (Å²) in [5, 5.41) is 16.2. The molecule has 32 heavy (non-hydrogen) atoms. The minimum absolute atomic E-state index is 0.113. The first kappa shape index (κ1) is 20.2. The van der Waals surface area contributed by atoms with Crippen molar-refractivity contribution in [1.82, 2.24) is 20.0 Å². The van der Waals surface area contributed by atoms with Crippen molar-refractivity contribution in [1.29, 1.82) is 0 Å². The maximum absolute atomic E-state index is 12.7. The number of nitrogens with one attached hydrogen (secondary N) is 1. The third-order valence-electron chi connectivity index (χ3n) is 6.32. The van der Waals surface area contributed by atoms with E-state index < -0.39 is 6.04 Å². The Morgan fingerprint density at radius 3 is 3.03 bits per heavy atom. The number of hydrazone groups is 1. The third kappa shape index (κ3) is 3.60. The van der Waals surface area contributed by atoms with Crippen LogP contribution in [0.1, 0.15) is 43.1 Å². The monoisotopic (exact) mass is 427 g/mol. The predicted molar refractivity (Wildman–Crippen MR) is 124 cm³/mol. The van der Waals surface area contributed by atoms with Gasteiger partial charge in [-0.1, -0.05) is 37.3 Å². The van der Waals surface area contributed by atoms with Gasteiger partial charge in [-0.2, -0.15) is 5.10 Å². The van der Waals surface area contributed by atoms with E-state index in [9.17, 15) is 9.90 Å². The van der Waals surface area contributed by atoms with Crippen LogP contribution >= 0.6 is 0 Å².